The first kappa shape index (κ1) is 21.3. The molecule has 0 radical (unpaired) electrons. The SMILES string of the molecule is C=C/C(F)=C(C(=C)Nc1nc(C)c(-c2cc(Br)c3c(c2)OCO3)s1)\C(F)=C/CC. The molecule has 29 heavy (non-hydrogen) atoms. The Morgan fingerprint density at radius 1 is 1.38 bits per heavy atom. The van der Waals surface area contributed by atoms with Gasteiger partial charge in [-0.1, -0.05) is 31.4 Å². The fourth-order valence-electron chi connectivity index (χ4n) is 2.79. The van der Waals surface area contributed by atoms with Crippen molar-refractivity contribution in [3.63, 3.8) is 0 Å². The first-order valence-corrected chi connectivity index (χ1v) is 10.4. The maximum Gasteiger partial charge on any atom is 0.231 e. The highest BCUT2D eigenvalue weighted by molar-refractivity contribution is 9.10. The molecule has 152 valence electrons. The molecule has 1 aliphatic heterocycles. The predicted octanol–water partition coefficient (Wildman–Crippen LogP) is 7.21. The van der Waals surface area contributed by atoms with E-state index in [9.17, 15) is 8.78 Å². The van der Waals surface area contributed by atoms with Crippen molar-refractivity contribution in [3.8, 4) is 21.9 Å². The van der Waals surface area contributed by atoms with Crippen molar-refractivity contribution in [1.82, 2.24) is 4.98 Å². The normalized spacial score (nSPS) is 13.9. The lowest BCUT2D eigenvalue weighted by atomic mass is 10.1. The Labute approximate surface area is 180 Å². The largest absolute Gasteiger partial charge is 0.454 e. The second-order valence-corrected chi connectivity index (χ2v) is 7.97. The first-order valence-electron chi connectivity index (χ1n) is 8.77. The molecular formula is C21H19BrF2N2O2S. The Balaban J connectivity index is 1.91. The monoisotopic (exact) mass is 480 g/mol. The van der Waals surface area contributed by atoms with Crippen LogP contribution in [0.15, 0.2) is 64.8 Å². The Kier molecular flexibility index (Phi) is 6.54. The molecule has 1 aromatic carbocycles. The molecule has 0 atom stereocenters. The maximum atomic E-state index is 14.3. The quantitative estimate of drug-likeness (QED) is 0.425. The third kappa shape index (κ3) is 4.43. The summed E-state index contributed by atoms with van der Waals surface area (Å²) in [4.78, 5) is 5.36. The van der Waals surface area contributed by atoms with E-state index in [-0.39, 0.29) is 18.1 Å². The van der Waals surface area contributed by atoms with Gasteiger partial charge in [0.25, 0.3) is 0 Å². The van der Waals surface area contributed by atoms with Gasteiger partial charge in [0.15, 0.2) is 16.6 Å². The summed E-state index contributed by atoms with van der Waals surface area (Å²) in [6.07, 6.45) is 2.66. The number of hydrogen-bond acceptors (Lipinski definition) is 5. The summed E-state index contributed by atoms with van der Waals surface area (Å²) in [7, 11) is 0. The summed E-state index contributed by atoms with van der Waals surface area (Å²) in [5.74, 6) is -0.185. The number of hydrogen-bond donors (Lipinski definition) is 1. The molecule has 0 saturated carbocycles. The summed E-state index contributed by atoms with van der Waals surface area (Å²) < 4.78 is 40.2. The number of ether oxygens (including phenoxy) is 2. The molecule has 0 spiro atoms. The van der Waals surface area contributed by atoms with E-state index in [1.807, 2.05) is 19.1 Å². The van der Waals surface area contributed by atoms with Gasteiger partial charge in [-0.15, -0.1) is 0 Å². The third-order valence-corrected chi connectivity index (χ3v) is 5.80. The van der Waals surface area contributed by atoms with Crippen molar-refractivity contribution in [3.05, 3.63) is 70.5 Å². The number of benzene rings is 1. The molecule has 1 N–H and O–H groups in total. The van der Waals surface area contributed by atoms with Crippen LogP contribution in [-0.2, 0) is 0 Å². The summed E-state index contributed by atoms with van der Waals surface area (Å²) in [6, 6.07) is 3.79. The molecule has 1 aromatic heterocycles. The van der Waals surface area contributed by atoms with Gasteiger partial charge in [-0.05, 0) is 59.1 Å². The second kappa shape index (κ2) is 8.92. The van der Waals surface area contributed by atoms with E-state index in [1.165, 1.54) is 17.4 Å². The fraction of sp³-hybridized carbons (Fsp3) is 0.190. The molecule has 2 heterocycles. The van der Waals surface area contributed by atoms with Crippen LogP contribution in [0, 0.1) is 6.92 Å². The van der Waals surface area contributed by atoms with Crippen LogP contribution in [0.1, 0.15) is 19.0 Å². The fourth-order valence-corrected chi connectivity index (χ4v) is 4.33. The molecule has 3 rings (SSSR count). The van der Waals surface area contributed by atoms with E-state index in [2.05, 4.69) is 39.4 Å². The minimum atomic E-state index is -0.794. The highest BCUT2D eigenvalue weighted by Crippen LogP contribution is 2.44. The maximum absolute atomic E-state index is 14.3. The number of nitrogens with zero attached hydrogens (tertiary/aromatic N) is 1. The van der Waals surface area contributed by atoms with Gasteiger partial charge in [0.1, 0.15) is 11.7 Å². The molecule has 4 nitrogen and oxygen atoms in total. The second-order valence-electron chi connectivity index (χ2n) is 6.12. The van der Waals surface area contributed by atoms with Crippen LogP contribution >= 0.6 is 27.3 Å². The van der Waals surface area contributed by atoms with Gasteiger partial charge in [-0.3, -0.25) is 0 Å². The van der Waals surface area contributed by atoms with Gasteiger partial charge in [0.2, 0.25) is 6.79 Å². The Morgan fingerprint density at radius 3 is 2.83 bits per heavy atom. The Hall–Kier alpha value is -2.45. The first-order chi connectivity index (χ1) is 13.8. The third-order valence-electron chi connectivity index (χ3n) is 4.09. The Bertz CT molecular complexity index is 1040. The number of aromatic nitrogens is 1. The van der Waals surface area contributed by atoms with Gasteiger partial charge in [-0.25, -0.2) is 13.8 Å². The molecule has 0 amide bonds. The van der Waals surface area contributed by atoms with Crippen molar-refractivity contribution < 1.29 is 18.3 Å². The molecular weight excluding hydrogens is 462 g/mol. The van der Waals surface area contributed by atoms with Gasteiger partial charge < -0.3 is 14.8 Å². The van der Waals surface area contributed by atoms with E-state index < -0.39 is 11.7 Å². The van der Waals surface area contributed by atoms with E-state index in [1.54, 1.807) is 6.92 Å². The van der Waals surface area contributed by atoms with Crippen molar-refractivity contribution in [1.29, 1.82) is 0 Å². The van der Waals surface area contributed by atoms with Crippen LogP contribution in [0.5, 0.6) is 11.5 Å². The summed E-state index contributed by atoms with van der Waals surface area (Å²) in [5, 5.41) is 3.38. The van der Waals surface area contributed by atoms with Crippen molar-refractivity contribution >= 4 is 32.4 Å². The number of halogens is 3. The van der Waals surface area contributed by atoms with Gasteiger partial charge >= 0.3 is 0 Å². The van der Waals surface area contributed by atoms with E-state index in [0.717, 1.165) is 26.7 Å². The average Bonchev–Trinajstić information content (AvgIpc) is 3.28. The number of anilines is 1. The number of rotatable bonds is 7. The van der Waals surface area contributed by atoms with Crippen LogP contribution in [0.3, 0.4) is 0 Å². The number of thiazole rings is 1. The Morgan fingerprint density at radius 2 is 2.14 bits per heavy atom. The summed E-state index contributed by atoms with van der Waals surface area (Å²) >= 11 is 4.83. The zero-order valence-electron chi connectivity index (χ0n) is 15.9. The average molecular weight is 481 g/mol. The van der Waals surface area contributed by atoms with E-state index >= 15 is 0 Å². The van der Waals surface area contributed by atoms with Gasteiger partial charge in [0, 0.05) is 5.70 Å². The number of nitrogens with one attached hydrogen (secondary N) is 1. The molecule has 0 aliphatic carbocycles. The van der Waals surface area contributed by atoms with Crippen LogP contribution in [0.2, 0.25) is 0 Å². The standard InChI is InChI=1S/C21H19BrF2N2O2S/c1-5-7-16(24)18(15(23)6-2)11(3)25-21-26-12(4)20(29-21)13-8-14(22)19-17(9-13)27-10-28-19/h6-9H,2-3,5,10H2,1,4H3,(H,25,26)/b16-7+,18-15+. The van der Waals surface area contributed by atoms with Crippen LogP contribution in [0.4, 0.5) is 13.9 Å². The van der Waals surface area contributed by atoms with Crippen LogP contribution in [0.25, 0.3) is 10.4 Å². The highest BCUT2D eigenvalue weighted by atomic mass is 79.9. The smallest absolute Gasteiger partial charge is 0.231 e. The van der Waals surface area contributed by atoms with Crippen molar-refractivity contribution in [2.75, 3.05) is 12.1 Å². The lowest BCUT2D eigenvalue weighted by molar-refractivity contribution is 0.173. The topological polar surface area (TPSA) is 43.4 Å². The summed E-state index contributed by atoms with van der Waals surface area (Å²) in [6.45, 7) is 10.9. The van der Waals surface area contributed by atoms with E-state index in [0.29, 0.717) is 23.1 Å². The molecule has 1 aliphatic rings. The lowest BCUT2D eigenvalue weighted by Crippen LogP contribution is -2.03. The molecule has 0 bridgehead atoms. The highest BCUT2D eigenvalue weighted by Gasteiger charge is 2.21. The molecule has 0 saturated heterocycles. The van der Waals surface area contributed by atoms with E-state index in [4.69, 9.17) is 9.47 Å². The molecule has 0 fully saturated rings. The zero-order chi connectivity index (χ0) is 21.1. The van der Waals surface area contributed by atoms with Gasteiger partial charge in [-0.2, -0.15) is 0 Å². The summed E-state index contributed by atoms with van der Waals surface area (Å²) in [5.41, 5.74) is 1.45. The van der Waals surface area contributed by atoms with Crippen LogP contribution < -0.4 is 14.8 Å². The van der Waals surface area contributed by atoms with Crippen LogP contribution in [-0.4, -0.2) is 11.8 Å². The molecule has 8 heteroatoms. The minimum Gasteiger partial charge on any atom is -0.454 e. The molecule has 0 unspecified atom stereocenters. The van der Waals surface area contributed by atoms with Crippen molar-refractivity contribution in [2.24, 2.45) is 0 Å². The van der Waals surface area contributed by atoms with Crippen molar-refractivity contribution in [2.45, 2.75) is 20.3 Å². The number of aryl methyl sites for hydroxylation is 1. The number of fused-ring (bicyclic) bond motifs is 1. The van der Waals surface area contributed by atoms with Gasteiger partial charge in [0.05, 0.1) is 20.6 Å². The minimum absolute atomic E-state index is 0.0665. The number of allylic oxidation sites excluding steroid dienone is 4. The lowest BCUT2D eigenvalue weighted by Gasteiger charge is -2.10. The molecule has 2 aromatic rings. The predicted molar refractivity (Wildman–Crippen MR) is 117 cm³/mol. The zero-order valence-corrected chi connectivity index (χ0v) is 18.3.